The second-order valence-electron chi connectivity index (χ2n) is 7.93. The van der Waals surface area contributed by atoms with Gasteiger partial charge in [0, 0.05) is 41.8 Å². The molecule has 2 atom stereocenters. The van der Waals surface area contributed by atoms with Crippen LogP contribution in [0, 0.1) is 0 Å². The lowest BCUT2D eigenvalue weighted by molar-refractivity contribution is -0.151. The highest BCUT2D eigenvalue weighted by Crippen LogP contribution is 2.40. The van der Waals surface area contributed by atoms with Gasteiger partial charge in [-0.05, 0) is 25.7 Å². The lowest BCUT2D eigenvalue weighted by atomic mass is 9.95. The van der Waals surface area contributed by atoms with Crippen molar-refractivity contribution in [2.24, 2.45) is 0 Å². The van der Waals surface area contributed by atoms with Crippen molar-refractivity contribution in [2.45, 2.75) is 50.6 Å². The minimum Gasteiger partial charge on any atom is -0.477 e. The molecule has 11 heteroatoms. The second-order valence-corrected chi connectivity index (χ2v) is 9.04. The molecule has 0 bridgehead atoms. The quantitative estimate of drug-likeness (QED) is 0.448. The summed E-state index contributed by atoms with van der Waals surface area (Å²) in [6, 6.07) is 0.617. The first kappa shape index (κ1) is 22.1. The summed E-state index contributed by atoms with van der Waals surface area (Å²) in [5, 5.41) is 11.8. The van der Waals surface area contributed by atoms with E-state index in [-0.39, 0.29) is 35.9 Å². The van der Waals surface area contributed by atoms with Crippen LogP contribution in [0.4, 0.5) is 0 Å². The molecular weight excluding hydrogens is 438 g/mol. The number of aromatic nitrogens is 1. The molecule has 0 saturated carbocycles. The van der Waals surface area contributed by atoms with Crippen LogP contribution < -0.4 is 10.7 Å². The highest BCUT2D eigenvalue weighted by atomic mass is 32.2. The second kappa shape index (κ2) is 8.81. The van der Waals surface area contributed by atoms with Gasteiger partial charge < -0.3 is 19.7 Å². The minimum atomic E-state index is -1.28. The van der Waals surface area contributed by atoms with Crippen LogP contribution in [0.15, 0.2) is 28.3 Å². The van der Waals surface area contributed by atoms with Gasteiger partial charge in [-0.2, -0.15) is 0 Å². The molecule has 2 N–H and O–H groups in total. The number of pyridine rings is 1. The van der Waals surface area contributed by atoms with Gasteiger partial charge in [-0.15, -0.1) is 11.8 Å². The van der Waals surface area contributed by atoms with Crippen molar-refractivity contribution < 1.29 is 29.0 Å². The number of hydrogen-bond donors (Lipinski definition) is 2. The number of thioether (sulfide) groups is 1. The average Bonchev–Trinajstić information content (AvgIpc) is 2.77. The van der Waals surface area contributed by atoms with Crippen LogP contribution in [0.5, 0.6) is 0 Å². The predicted octanol–water partition coefficient (Wildman–Crippen LogP) is 0.0288. The molecule has 3 aliphatic rings. The minimum absolute atomic E-state index is 0.0164. The number of ether oxygens (including phenoxy) is 1. The summed E-state index contributed by atoms with van der Waals surface area (Å²) in [5.74, 6) is -2.46. The summed E-state index contributed by atoms with van der Waals surface area (Å²) in [6.07, 6.45) is 4.93. The first-order valence-electron chi connectivity index (χ1n) is 10.3. The van der Waals surface area contributed by atoms with Crippen LogP contribution in [0.1, 0.15) is 31.0 Å². The zero-order chi connectivity index (χ0) is 23.0. The van der Waals surface area contributed by atoms with Crippen LogP contribution >= 0.6 is 11.8 Å². The number of carboxylic acid groups (broad SMARTS) is 1. The fraction of sp³-hybridized carbons (Fsp3) is 0.476. The Bertz CT molecular complexity index is 1090. The SMILES string of the molecule is CC(=O)OCC1=C(C(=O)O)N2C(=O)[C@@H](NC(=O)Cn3ccc(=O)c4c3CCCC4)[C@H]2SC1. The number of aliphatic carboxylic acids is 1. The van der Waals surface area contributed by atoms with Crippen molar-refractivity contribution >= 4 is 35.5 Å². The number of nitrogens with one attached hydrogen (secondary N) is 1. The number of carboxylic acids is 1. The van der Waals surface area contributed by atoms with Gasteiger partial charge in [-0.3, -0.25) is 24.1 Å². The van der Waals surface area contributed by atoms with Crippen molar-refractivity contribution in [3.05, 3.63) is 45.0 Å². The fourth-order valence-electron chi connectivity index (χ4n) is 4.33. The number of β-lactam (4-membered cyclic amide) rings is 1. The van der Waals surface area contributed by atoms with E-state index in [1.54, 1.807) is 10.8 Å². The van der Waals surface area contributed by atoms with E-state index >= 15 is 0 Å². The van der Waals surface area contributed by atoms with Crippen molar-refractivity contribution in [1.29, 1.82) is 0 Å². The fourth-order valence-corrected chi connectivity index (χ4v) is 5.65. The van der Waals surface area contributed by atoms with Crippen molar-refractivity contribution in [3.8, 4) is 0 Å². The lowest BCUT2D eigenvalue weighted by Crippen LogP contribution is -2.70. The number of nitrogens with zero attached hydrogens (tertiary/aromatic N) is 2. The number of esters is 1. The number of carbonyl (C=O) groups excluding carboxylic acids is 3. The van der Waals surface area contributed by atoms with Gasteiger partial charge in [-0.1, -0.05) is 0 Å². The first-order chi connectivity index (χ1) is 15.3. The van der Waals surface area contributed by atoms with Gasteiger partial charge in [0.05, 0.1) is 0 Å². The van der Waals surface area contributed by atoms with E-state index in [9.17, 15) is 29.1 Å². The molecule has 1 saturated heterocycles. The third-order valence-corrected chi connectivity index (χ3v) is 7.16. The molecule has 1 aromatic rings. The van der Waals surface area contributed by atoms with E-state index in [1.165, 1.54) is 24.8 Å². The number of rotatable bonds is 6. The number of carbonyl (C=O) groups is 4. The van der Waals surface area contributed by atoms with Gasteiger partial charge in [0.1, 0.15) is 30.3 Å². The zero-order valence-corrected chi connectivity index (χ0v) is 18.3. The molecule has 170 valence electrons. The monoisotopic (exact) mass is 461 g/mol. The summed E-state index contributed by atoms with van der Waals surface area (Å²) < 4.78 is 6.66. The Morgan fingerprint density at radius 2 is 2.00 bits per heavy atom. The normalized spacial score (nSPS) is 21.9. The van der Waals surface area contributed by atoms with Crippen LogP contribution in [-0.4, -0.2) is 62.1 Å². The predicted molar refractivity (Wildman–Crippen MR) is 114 cm³/mol. The molecule has 32 heavy (non-hydrogen) atoms. The summed E-state index contributed by atoms with van der Waals surface area (Å²) in [6.45, 7) is 0.998. The number of amides is 2. The van der Waals surface area contributed by atoms with Crippen molar-refractivity contribution in [2.75, 3.05) is 12.4 Å². The summed E-state index contributed by atoms with van der Waals surface area (Å²) in [4.78, 5) is 61.5. The van der Waals surface area contributed by atoms with Crippen molar-refractivity contribution in [3.63, 3.8) is 0 Å². The number of fused-ring (bicyclic) bond motifs is 2. The van der Waals surface area contributed by atoms with Gasteiger partial charge >= 0.3 is 11.9 Å². The molecule has 0 aromatic carbocycles. The van der Waals surface area contributed by atoms with Gasteiger partial charge in [0.25, 0.3) is 5.91 Å². The van der Waals surface area contributed by atoms with Crippen LogP contribution in [0.2, 0.25) is 0 Å². The molecule has 0 unspecified atom stereocenters. The van der Waals surface area contributed by atoms with Crippen LogP contribution in [0.25, 0.3) is 0 Å². The highest BCUT2D eigenvalue weighted by molar-refractivity contribution is 8.00. The molecule has 0 radical (unpaired) electrons. The van der Waals surface area contributed by atoms with Gasteiger partial charge in [-0.25, -0.2) is 4.79 Å². The molecule has 1 aromatic heterocycles. The smallest absolute Gasteiger partial charge is 0.352 e. The highest BCUT2D eigenvalue weighted by Gasteiger charge is 2.54. The van der Waals surface area contributed by atoms with Crippen LogP contribution in [-0.2, 0) is 43.3 Å². The topological polar surface area (TPSA) is 135 Å². The van der Waals surface area contributed by atoms with E-state index in [0.29, 0.717) is 12.0 Å². The molecule has 2 amide bonds. The van der Waals surface area contributed by atoms with E-state index in [0.717, 1.165) is 35.4 Å². The molecule has 4 rings (SSSR count). The maximum atomic E-state index is 12.7. The zero-order valence-electron chi connectivity index (χ0n) is 17.5. The molecule has 1 fully saturated rings. The van der Waals surface area contributed by atoms with E-state index in [1.807, 2.05) is 0 Å². The Morgan fingerprint density at radius 1 is 1.25 bits per heavy atom. The molecular formula is C21H23N3O7S. The summed E-state index contributed by atoms with van der Waals surface area (Å²) >= 11 is 1.31. The van der Waals surface area contributed by atoms with E-state index in [4.69, 9.17) is 4.74 Å². The van der Waals surface area contributed by atoms with E-state index < -0.39 is 29.3 Å². The van der Waals surface area contributed by atoms with Crippen molar-refractivity contribution in [1.82, 2.24) is 14.8 Å². The van der Waals surface area contributed by atoms with E-state index in [2.05, 4.69) is 5.32 Å². The first-order valence-corrected chi connectivity index (χ1v) is 11.4. The molecule has 10 nitrogen and oxygen atoms in total. The Kier molecular flexibility index (Phi) is 6.09. The van der Waals surface area contributed by atoms with Crippen LogP contribution in [0.3, 0.4) is 0 Å². The third kappa shape index (κ3) is 4.04. The van der Waals surface area contributed by atoms with Gasteiger partial charge in [0.15, 0.2) is 5.43 Å². The Labute approximate surface area is 187 Å². The average molecular weight is 461 g/mol. The summed E-state index contributed by atoms with van der Waals surface area (Å²) in [7, 11) is 0. The molecule has 1 aliphatic carbocycles. The standard InChI is InChI=1S/C21H23N3O7S/c1-11(25)31-9-12-10-32-20-17(19(28)24(20)18(12)21(29)30)22-16(27)8-23-7-6-15(26)13-4-2-3-5-14(13)23/h6-7,17,20H,2-5,8-10H2,1H3,(H,22,27)(H,29,30)/t17-,20-/m1/s1. The van der Waals surface area contributed by atoms with Gasteiger partial charge in [0.2, 0.25) is 5.91 Å². The lowest BCUT2D eigenvalue weighted by Gasteiger charge is -2.49. The molecule has 2 aliphatic heterocycles. The maximum absolute atomic E-state index is 12.7. The maximum Gasteiger partial charge on any atom is 0.352 e. The molecule has 3 heterocycles. The Balaban J connectivity index is 1.46. The Morgan fingerprint density at radius 3 is 2.72 bits per heavy atom. The third-order valence-electron chi connectivity index (χ3n) is 5.82. The molecule has 0 spiro atoms. The number of hydrogen-bond acceptors (Lipinski definition) is 7. The summed E-state index contributed by atoms with van der Waals surface area (Å²) in [5.41, 5.74) is 1.74. The Hall–Kier alpha value is -3.08. The largest absolute Gasteiger partial charge is 0.477 e.